The van der Waals surface area contributed by atoms with E-state index in [0.29, 0.717) is 28.8 Å². The van der Waals surface area contributed by atoms with Crippen LogP contribution in [0.3, 0.4) is 0 Å². The van der Waals surface area contributed by atoms with Gasteiger partial charge < -0.3 is 4.57 Å². The zero-order chi connectivity index (χ0) is 46.7. The molecule has 0 bridgehead atoms. The summed E-state index contributed by atoms with van der Waals surface area (Å²) in [4.78, 5) is 16.0. The maximum Gasteiger partial charge on any atom is 0.238 e. The van der Waals surface area contributed by atoms with Gasteiger partial charge in [0.05, 0.1) is 36.0 Å². The van der Waals surface area contributed by atoms with Gasteiger partial charge in [-0.05, 0) is 47.5 Å². The molecule has 0 aliphatic carbocycles. The molecule has 13 rings (SSSR count). The maximum absolute atomic E-state index is 9.54. The normalized spacial score (nSPS) is 13.1. The van der Waals surface area contributed by atoms with E-state index >= 15 is 0 Å². The predicted octanol–water partition coefficient (Wildman–Crippen LogP) is 15.1. The minimum absolute atomic E-state index is 0.0610. The second-order valence-corrected chi connectivity index (χ2v) is 16.5. The molecule has 0 fully saturated rings. The van der Waals surface area contributed by atoms with Crippen molar-refractivity contribution in [1.29, 1.82) is 0 Å². The van der Waals surface area contributed by atoms with Crippen molar-refractivity contribution < 1.29 is 8.22 Å². The molecule has 294 valence electrons. The van der Waals surface area contributed by atoms with E-state index in [-0.39, 0.29) is 58.1 Å². The molecule has 6 heteroatoms. The van der Waals surface area contributed by atoms with Crippen molar-refractivity contribution in [3.05, 3.63) is 212 Å². The van der Waals surface area contributed by atoms with E-state index in [2.05, 4.69) is 71.3 Å². The largest absolute Gasteiger partial charge is 0.308 e. The van der Waals surface area contributed by atoms with Crippen LogP contribution >= 0.6 is 11.3 Å². The molecular weight excluding hydrogens is 787 g/mol. The summed E-state index contributed by atoms with van der Waals surface area (Å²) in [5.74, 6) is 1.11. The van der Waals surface area contributed by atoms with Crippen LogP contribution in [0.4, 0.5) is 0 Å². The molecule has 0 N–H and O–H groups in total. The van der Waals surface area contributed by atoms with Crippen LogP contribution < -0.4 is 0 Å². The molecule has 0 radical (unpaired) electrons. The molecule has 4 aromatic heterocycles. The molecule has 0 unspecified atom stereocenters. The summed E-state index contributed by atoms with van der Waals surface area (Å²) in [5.41, 5.74) is 7.84. The van der Waals surface area contributed by atoms with Gasteiger partial charge in [0.15, 0.2) is 11.6 Å². The second kappa shape index (κ2) is 14.2. The average Bonchev–Trinajstić information content (AvgIpc) is 4.06. The standard InChI is InChI=1S/C57H35N5S/c1-3-17-36(18-4-1)38-33-34-42-41-23-9-13-31-50(41)62(51(42)35-38)57-59-55(37-19-5-2-6-20-37)58-56(60-57)47-28-15-25-44(46-27-16-26-45-43-24-10-14-32-52(43)63-54(45)46)53(47)61-48-29-11-7-21-39(48)40-22-8-12-30-49(40)61/h1-35H/i7D,8D,21D,22D,29D,30D. The summed E-state index contributed by atoms with van der Waals surface area (Å²) < 4.78 is 61.3. The third kappa shape index (κ3) is 5.59. The number of fused-ring (bicyclic) bond motifs is 9. The van der Waals surface area contributed by atoms with Gasteiger partial charge in [0, 0.05) is 64.0 Å². The Morgan fingerprint density at radius 2 is 1.00 bits per heavy atom. The van der Waals surface area contributed by atoms with Crippen molar-refractivity contribution in [1.82, 2.24) is 24.1 Å². The van der Waals surface area contributed by atoms with Gasteiger partial charge in [-0.1, -0.05) is 176 Å². The lowest BCUT2D eigenvalue weighted by Crippen LogP contribution is -2.08. The minimum Gasteiger partial charge on any atom is -0.308 e. The van der Waals surface area contributed by atoms with E-state index in [0.717, 1.165) is 69.8 Å². The monoisotopic (exact) mass is 827 g/mol. The minimum atomic E-state index is -0.191. The van der Waals surface area contributed by atoms with Crippen molar-refractivity contribution in [2.75, 3.05) is 0 Å². The van der Waals surface area contributed by atoms with E-state index < -0.39 is 0 Å². The Labute approximate surface area is 374 Å². The SMILES string of the molecule is [2H]c1cc([2H])c2c(c1[2H])c1c([2H])c([2H])cc([2H])c1n2-c1c(-c2nc(-c3ccccc3)nc(-n3c4ccccc4c4ccc(-c5ccccc5)cc43)n2)cccc1-c1cccc2c1sc1ccccc12. The van der Waals surface area contributed by atoms with Crippen LogP contribution in [0.2, 0.25) is 0 Å². The quantitative estimate of drug-likeness (QED) is 0.168. The third-order valence-corrected chi connectivity index (χ3v) is 13.2. The third-order valence-electron chi connectivity index (χ3n) is 12.0. The zero-order valence-corrected chi connectivity index (χ0v) is 34.2. The molecule has 63 heavy (non-hydrogen) atoms. The number of hydrogen-bond donors (Lipinski definition) is 0. The average molecular weight is 828 g/mol. The zero-order valence-electron chi connectivity index (χ0n) is 39.4. The number of hydrogen-bond acceptors (Lipinski definition) is 4. The predicted molar refractivity (Wildman–Crippen MR) is 263 cm³/mol. The topological polar surface area (TPSA) is 48.5 Å². The van der Waals surface area contributed by atoms with Crippen LogP contribution in [0.25, 0.3) is 120 Å². The van der Waals surface area contributed by atoms with E-state index in [1.807, 2.05) is 97.1 Å². The van der Waals surface area contributed by atoms with Gasteiger partial charge in [0.1, 0.15) is 0 Å². The molecule has 9 aromatic carbocycles. The van der Waals surface area contributed by atoms with Crippen molar-refractivity contribution >= 4 is 75.1 Å². The van der Waals surface area contributed by atoms with Crippen LogP contribution in [-0.4, -0.2) is 24.1 Å². The van der Waals surface area contributed by atoms with Crippen LogP contribution in [0.15, 0.2) is 212 Å². The molecule has 5 nitrogen and oxygen atoms in total. The fourth-order valence-electron chi connectivity index (χ4n) is 9.18. The highest BCUT2D eigenvalue weighted by Gasteiger charge is 2.25. The molecule has 0 amide bonds. The molecule has 0 aliphatic heterocycles. The lowest BCUT2D eigenvalue weighted by atomic mass is 9.97. The Morgan fingerprint density at radius 1 is 0.381 bits per heavy atom. The van der Waals surface area contributed by atoms with E-state index in [1.165, 1.54) is 12.1 Å². The smallest absolute Gasteiger partial charge is 0.238 e. The first-order chi connectivity index (χ1) is 33.7. The Hall–Kier alpha value is -8.19. The Balaban J connectivity index is 1.20. The molecular formula is C57H35N5S. The molecule has 4 heterocycles. The molecule has 0 atom stereocenters. The summed E-state index contributed by atoms with van der Waals surface area (Å²) in [6, 6.07) is 57.0. The van der Waals surface area contributed by atoms with Crippen LogP contribution in [0, 0.1) is 0 Å². The van der Waals surface area contributed by atoms with Crippen molar-refractivity contribution in [3.63, 3.8) is 0 Å². The lowest BCUT2D eigenvalue weighted by molar-refractivity contribution is 0.952. The molecule has 0 aliphatic rings. The summed E-state index contributed by atoms with van der Waals surface area (Å²) in [6.45, 7) is 0. The maximum atomic E-state index is 9.54. The Kier molecular flexibility index (Phi) is 6.75. The first-order valence-corrected chi connectivity index (χ1v) is 21.5. The number of nitrogens with zero attached hydrogens (tertiary/aromatic N) is 5. The van der Waals surface area contributed by atoms with Crippen LogP contribution in [0.1, 0.15) is 8.22 Å². The fourth-order valence-corrected chi connectivity index (χ4v) is 10.4. The number of aromatic nitrogens is 5. The van der Waals surface area contributed by atoms with Gasteiger partial charge in [-0.15, -0.1) is 11.3 Å². The number of benzene rings is 9. The molecule has 0 saturated heterocycles. The number of thiophene rings is 1. The first-order valence-electron chi connectivity index (χ1n) is 23.7. The summed E-state index contributed by atoms with van der Waals surface area (Å²) in [7, 11) is 0. The molecule has 0 spiro atoms. The van der Waals surface area contributed by atoms with Crippen molar-refractivity contribution in [3.8, 4) is 56.7 Å². The van der Waals surface area contributed by atoms with Crippen LogP contribution in [0.5, 0.6) is 0 Å². The highest BCUT2D eigenvalue weighted by molar-refractivity contribution is 7.26. The highest BCUT2D eigenvalue weighted by Crippen LogP contribution is 2.46. The second-order valence-electron chi connectivity index (χ2n) is 15.5. The van der Waals surface area contributed by atoms with Gasteiger partial charge in [-0.25, -0.2) is 4.98 Å². The number of rotatable bonds is 6. The van der Waals surface area contributed by atoms with E-state index in [9.17, 15) is 5.48 Å². The lowest BCUT2D eigenvalue weighted by Gasteiger charge is -2.19. The number of para-hydroxylation sites is 4. The highest BCUT2D eigenvalue weighted by atomic mass is 32.1. The Bertz CT molecular complexity index is 4210. The van der Waals surface area contributed by atoms with Gasteiger partial charge in [0.2, 0.25) is 5.95 Å². The van der Waals surface area contributed by atoms with E-state index in [4.69, 9.17) is 17.7 Å². The van der Waals surface area contributed by atoms with E-state index in [1.54, 1.807) is 15.9 Å². The van der Waals surface area contributed by atoms with Gasteiger partial charge in [-0.3, -0.25) is 4.57 Å². The van der Waals surface area contributed by atoms with Crippen molar-refractivity contribution in [2.45, 2.75) is 0 Å². The van der Waals surface area contributed by atoms with Crippen molar-refractivity contribution in [2.24, 2.45) is 0 Å². The summed E-state index contributed by atoms with van der Waals surface area (Å²) >= 11 is 1.68. The van der Waals surface area contributed by atoms with Gasteiger partial charge >= 0.3 is 0 Å². The van der Waals surface area contributed by atoms with Gasteiger partial charge in [-0.2, -0.15) is 9.97 Å². The van der Waals surface area contributed by atoms with Gasteiger partial charge in [0.25, 0.3) is 0 Å². The summed E-state index contributed by atoms with van der Waals surface area (Å²) in [6.07, 6.45) is 0. The van der Waals surface area contributed by atoms with Crippen LogP contribution in [-0.2, 0) is 0 Å². The first kappa shape index (κ1) is 29.9. The summed E-state index contributed by atoms with van der Waals surface area (Å²) in [5, 5.41) is 4.59. The fraction of sp³-hybridized carbons (Fsp3) is 0. The Morgan fingerprint density at radius 3 is 1.79 bits per heavy atom. The molecule has 13 aromatic rings. The molecule has 0 saturated carbocycles.